The number of hydrogen-bond donors (Lipinski definition) is 1. The van der Waals surface area contributed by atoms with Crippen LogP contribution in [0.3, 0.4) is 0 Å². The number of rotatable bonds is 5. The Labute approximate surface area is 167 Å². The van der Waals surface area contributed by atoms with Crippen molar-refractivity contribution in [3.8, 4) is 11.5 Å². The lowest BCUT2D eigenvalue weighted by Crippen LogP contribution is -2.28. The molecule has 0 bridgehead atoms. The first kappa shape index (κ1) is 19.3. The van der Waals surface area contributed by atoms with Crippen molar-refractivity contribution in [2.24, 2.45) is 5.92 Å². The topological polar surface area (TPSA) is 67.9 Å². The van der Waals surface area contributed by atoms with Crippen LogP contribution in [-0.4, -0.2) is 32.6 Å². The number of methoxy groups -OCH3 is 2. The average Bonchev–Trinajstić information content (AvgIpc) is 3.03. The van der Waals surface area contributed by atoms with E-state index in [2.05, 4.69) is 5.32 Å². The summed E-state index contributed by atoms with van der Waals surface area (Å²) in [5, 5.41) is 3.75. The smallest absolute Gasteiger partial charge is 0.229 e. The summed E-state index contributed by atoms with van der Waals surface area (Å²) in [6.45, 7) is 0.226. The summed E-state index contributed by atoms with van der Waals surface area (Å²) < 4.78 is 10.5. The van der Waals surface area contributed by atoms with Crippen molar-refractivity contribution in [2.45, 2.75) is 6.42 Å². The van der Waals surface area contributed by atoms with E-state index in [0.717, 1.165) is 0 Å². The van der Waals surface area contributed by atoms with Crippen LogP contribution in [0.25, 0.3) is 0 Å². The van der Waals surface area contributed by atoms with E-state index in [1.807, 2.05) is 0 Å². The SMILES string of the molecule is COc1ccc(Cl)cc1NC(=O)[C@H]1CC(=O)N(c2cc(Cl)ccc2OC)C1. The molecule has 3 rings (SSSR count). The Kier molecular flexibility index (Phi) is 5.77. The van der Waals surface area contributed by atoms with Crippen molar-refractivity contribution in [3.63, 3.8) is 0 Å². The van der Waals surface area contributed by atoms with E-state index in [0.29, 0.717) is 32.9 Å². The number of amides is 2. The highest BCUT2D eigenvalue weighted by molar-refractivity contribution is 6.31. The molecule has 0 aliphatic carbocycles. The van der Waals surface area contributed by atoms with E-state index < -0.39 is 5.92 Å². The van der Waals surface area contributed by atoms with Gasteiger partial charge in [-0.2, -0.15) is 0 Å². The fraction of sp³-hybridized carbons (Fsp3) is 0.263. The molecule has 0 aromatic heterocycles. The van der Waals surface area contributed by atoms with Gasteiger partial charge in [-0.25, -0.2) is 0 Å². The molecule has 142 valence electrons. The molecule has 1 atom stereocenters. The highest BCUT2D eigenvalue weighted by Gasteiger charge is 2.36. The summed E-state index contributed by atoms with van der Waals surface area (Å²) in [6.07, 6.45) is 0.0877. The lowest BCUT2D eigenvalue weighted by molar-refractivity contribution is -0.122. The molecule has 8 heteroatoms. The van der Waals surface area contributed by atoms with Crippen molar-refractivity contribution >= 4 is 46.4 Å². The third kappa shape index (κ3) is 4.12. The molecule has 0 spiro atoms. The Hall–Kier alpha value is -2.44. The van der Waals surface area contributed by atoms with Crippen LogP contribution in [0.5, 0.6) is 11.5 Å². The Morgan fingerprint density at radius 1 is 1.07 bits per heavy atom. The summed E-state index contributed by atoms with van der Waals surface area (Å²) in [6, 6.07) is 9.96. The van der Waals surface area contributed by atoms with Gasteiger partial charge in [-0.15, -0.1) is 0 Å². The van der Waals surface area contributed by atoms with Crippen LogP contribution in [0.4, 0.5) is 11.4 Å². The monoisotopic (exact) mass is 408 g/mol. The molecule has 2 aromatic carbocycles. The van der Waals surface area contributed by atoms with Crippen LogP contribution < -0.4 is 19.7 Å². The molecular weight excluding hydrogens is 391 g/mol. The van der Waals surface area contributed by atoms with Gasteiger partial charge in [-0.05, 0) is 36.4 Å². The molecule has 1 aliphatic rings. The lowest BCUT2D eigenvalue weighted by atomic mass is 10.1. The van der Waals surface area contributed by atoms with Crippen molar-refractivity contribution in [1.82, 2.24) is 0 Å². The fourth-order valence-corrected chi connectivity index (χ4v) is 3.34. The molecule has 2 amide bonds. The maximum absolute atomic E-state index is 12.7. The summed E-state index contributed by atoms with van der Waals surface area (Å²) in [7, 11) is 3.02. The number of carbonyl (C=O) groups is 2. The number of halogens is 2. The minimum atomic E-state index is -0.523. The fourth-order valence-electron chi connectivity index (χ4n) is 3.00. The molecule has 0 saturated carbocycles. The zero-order valence-electron chi connectivity index (χ0n) is 14.8. The van der Waals surface area contributed by atoms with Crippen LogP contribution in [0, 0.1) is 5.92 Å². The second-order valence-electron chi connectivity index (χ2n) is 6.06. The largest absolute Gasteiger partial charge is 0.495 e. The normalized spacial score (nSPS) is 16.4. The van der Waals surface area contributed by atoms with Gasteiger partial charge in [0, 0.05) is 23.0 Å². The lowest BCUT2D eigenvalue weighted by Gasteiger charge is -2.20. The third-order valence-corrected chi connectivity index (χ3v) is 4.82. The number of nitrogens with one attached hydrogen (secondary N) is 1. The molecule has 0 unspecified atom stereocenters. The Morgan fingerprint density at radius 3 is 2.37 bits per heavy atom. The summed E-state index contributed by atoms with van der Waals surface area (Å²) in [4.78, 5) is 26.7. The predicted molar refractivity (Wildman–Crippen MR) is 105 cm³/mol. The molecule has 1 heterocycles. The van der Waals surface area contributed by atoms with Gasteiger partial charge >= 0.3 is 0 Å². The highest BCUT2D eigenvalue weighted by atomic mass is 35.5. The Morgan fingerprint density at radius 2 is 1.70 bits per heavy atom. The van der Waals surface area contributed by atoms with Crippen LogP contribution in [0.2, 0.25) is 10.0 Å². The molecular formula is C19H18Cl2N2O4. The van der Waals surface area contributed by atoms with Crippen molar-refractivity contribution in [1.29, 1.82) is 0 Å². The zero-order valence-corrected chi connectivity index (χ0v) is 16.3. The van der Waals surface area contributed by atoms with E-state index in [1.54, 1.807) is 36.4 Å². The van der Waals surface area contributed by atoms with Crippen LogP contribution in [-0.2, 0) is 9.59 Å². The van der Waals surface area contributed by atoms with Crippen LogP contribution in [0.15, 0.2) is 36.4 Å². The summed E-state index contributed by atoms with van der Waals surface area (Å²) in [5.74, 6) is 0.0295. The molecule has 27 heavy (non-hydrogen) atoms. The summed E-state index contributed by atoms with van der Waals surface area (Å²) in [5.41, 5.74) is 1.01. The average molecular weight is 409 g/mol. The van der Waals surface area contributed by atoms with Gasteiger partial charge in [0.25, 0.3) is 0 Å². The van der Waals surface area contributed by atoms with E-state index in [9.17, 15) is 9.59 Å². The molecule has 1 saturated heterocycles. The zero-order chi connectivity index (χ0) is 19.6. The summed E-state index contributed by atoms with van der Waals surface area (Å²) >= 11 is 12.1. The Bertz CT molecular complexity index is 888. The molecule has 0 radical (unpaired) electrons. The highest BCUT2D eigenvalue weighted by Crippen LogP contribution is 2.36. The number of ether oxygens (including phenoxy) is 2. The molecule has 6 nitrogen and oxygen atoms in total. The molecule has 1 N–H and O–H groups in total. The van der Waals surface area contributed by atoms with Gasteiger partial charge in [0.05, 0.1) is 31.5 Å². The van der Waals surface area contributed by atoms with Gasteiger partial charge in [-0.1, -0.05) is 23.2 Å². The van der Waals surface area contributed by atoms with Crippen molar-refractivity contribution in [3.05, 3.63) is 46.4 Å². The second-order valence-corrected chi connectivity index (χ2v) is 6.93. The number of anilines is 2. The van der Waals surface area contributed by atoms with E-state index in [4.69, 9.17) is 32.7 Å². The molecule has 2 aromatic rings. The molecule has 1 fully saturated rings. The first-order valence-electron chi connectivity index (χ1n) is 8.21. The number of carbonyl (C=O) groups excluding carboxylic acids is 2. The first-order chi connectivity index (χ1) is 12.9. The van der Waals surface area contributed by atoms with Crippen LogP contribution in [0.1, 0.15) is 6.42 Å². The van der Waals surface area contributed by atoms with Gasteiger partial charge in [0.1, 0.15) is 11.5 Å². The second kappa shape index (κ2) is 8.06. The van der Waals surface area contributed by atoms with Gasteiger partial charge in [-0.3, -0.25) is 9.59 Å². The minimum Gasteiger partial charge on any atom is -0.495 e. The number of nitrogens with zero attached hydrogens (tertiary/aromatic N) is 1. The van der Waals surface area contributed by atoms with Gasteiger partial charge in [0.2, 0.25) is 11.8 Å². The Balaban J connectivity index is 1.79. The first-order valence-corrected chi connectivity index (χ1v) is 8.97. The van der Waals surface area contributed by atoms with E-state index in [-0.39, 0.29) is 24.8 Å². The van der Waals surface area contributed by atoms with E-state index >= 15 is 0 Å². The standard InChI is InChI=1S/C19H18Cl2N2O4/c1-26-16-5-3-12(20)8-14(16)22-19(25)11-7-18(24)23(10-11)15-9-13(21)4-6-17(15)27-2/h3-6,8-9,11H,7,10H2,1-2H3,(H,22,25)/t11-/m0/s1. The molecule has 1 aliphatic heterocycles. The van der Waals surface area contributed by atoms with E-state index in [1.165, 1.54) is 19.1 Å². The van der Waals surface area contributed by atoms with Crippen molar-refractivity contribution in [2.75, 3.05) is 31.0 Å². The third-order valence-electron chi connectivity index (χ3n) is 4.35. The maximum atomic E-state index is 12.7. The van der Waals surface area contributed by atoms with Crippen LogP contribution >= 0.6 is 23.2 Å². The maximum Gasteiger partial charge on any atom is 0.229 e. The van der Waals surface area contributed by atoms with Gasteiger partial charge in [0.15, 0.2) is 0 Å². The van der Waals surface area contributed by atoms with Crippen molar-refractivity contribution < 1.29 is 19.1 Å². The quantitative estimate of drug-likeness (QED) is 0.811. The number of benzene rings is 2. The van der Waals surface area contributed by atoms with Gasteiger partial charge < -0.3 is 19.7 Å². The predicted octanol–water partition coefficient (Wildman–Crippen LogP) is 4.00. The minimum absolute atomic E-state index is 0.0877. The number of hydrogen-bond acceptors (Lipinski definition) is 4.